The van der Waals surface area contributed by atoms with Crippen LogP contribution in [0.15, 0.2) is 36.7 Å². The fourth-order valence-corrected chi connectivity index (χ4v) is 2.98. The Kier molecular flexibility index (Phi) is 3.08. The normalized spacial score (nSPS) is 17.8. The number of fused-ring (bicyclic) bond motifs is 1. The predicted octanol–water partition coefficient (Wildman–Crippen LogP) is 3.50. The lowest BCUT2D eigenvalue weighted by Crippen LogP contribution is -2.42. The lowest BCUT2D eigenvalue weighted by atomic mass is 10.2. The second-order valence-electron chi connectivity index (χ2n) is 5.49. The van der Waals surface area contributed by atoms with Gasteiger partial charge in [-0.2, -0.15) is 0 Å². The monoisotopic (exact) mass is 268 g/mol. The number of rotatable bonds is 2. The molecule has 3 rings (SSSR count). The summed E-state index contributed by atoms with van der Waals surface area (Å²) in [6.45, 7) is 8.72. The van der Waals surface area contributed by atoms with Gasteiger partial charge >= 0.3 is 0 Å². The maximum Gasteiger partial charge on any atom is 0.178 e. The lowest BCUT2D eigenvalue weighted by molar-refractivity contribution is 0.601. The van der Waals surface area contributed by atoms with E-state index in [2.05, 4.69) is 71.7 Å². The molecule has 0 radical (unpaired) electrons. The molecule has 1 atom stereocenters. The fourth-order valence-electron chi connectivity index (χ4n) is 2.98. The van der Waals surface area contributed by atoms with Gasteiger partial charge in [-0.05, 0) is 39.3 Å². The van der Waals surface area contributed by atoms with E-state index in [9.17, 15) is 0 Å². The molecule has 0 amide bonds. The molecule has 4 nitrogen and oxygen atoms in total. The van der Waals surface area contributed by atoms with Gasteiger partial charge in [-0.15, -0.1) is 0 Å². The zero-order valence-corrected chi connectivity index (χ0v) is 12.4. The van der Waals surface area contributed by atoms with E-state index in [1.54, 1.807) is 12.4 Å². The average molecular weight is 268 g/mol. The van der Waals surface area contributed by atoms with Crippen molar-refractivity contribution >= 4 is 17.3 Å². The number of para-hydroxylation sites is 1. The Hall–Kier alpha value is -2.10. The van der Waals surface area contributed by atoms with Gasteiger partial charge in [-0.1, -0.05) is 18.2 Å². The number of hydrogen-bond donors (Lipinski definition) is 0. The van der Waals surface area contributed by atoms with Crippen LogP contribution in [0.5, 0.6) is 0 Å². The molecule has 0 unspecified atom stereocenters. The largest absolute Gasteiger partial charge is 0.330 e. The summed E-state index contributed by atoms with van der Waals surface area (Å²) in [6.07, 6.45) is 3.75. The van der Waals surface area contributed by atoms with Gasteiger partial charge in [0, 0.05) is 24.1 Å². The summed E-state index contributed by atoms with van der Waals surface area (Å²) in [5, 5.41) is 0. The molecule has 104 valence electrons. The van der Waals surface area contributed by atoms with E-state index in [0.717, 1.165) is 11.6 Å². The highest BCUT2D eigenvalue weighted by molar-refractivity contribution is 5.79. The molecule has 0 aliphatic carbocycles. The second kappa shape index (κ2) is 4.78. The first-order valence-electron chi connectivity index (χ1n) is 7.05. The van der Waals surface area contributed by atoms with E-state index in [0.29, 0.717) is 6.04 Å². The second-order valence-corrected chi connectivity index (χ2v) is 5.49. The first-order valence-corrected chi connectivity index (χ1v) is 7.05. The zero-order valence-electron chi connectivity index (χ0n) is 12.4. The van der Waals surface area contributed by atoms with Crippen LogP contribution in [0.1, 0.15) is 26.3 Å². The number of hydrogen-bond acceptors (Lipinski definition) is 4. The summed E-state index contributed by atoms with van der Waals surface area (Å²) in [4.78, 5) is 13.7. The molecule has 1 aromatic carbocycles. The third-order valence-electron chi connectivity index (χ3n) is 3.84. The lowest BCUT2D eigenvalue weighted by Gasteiger charge is -2.32. The topological polar surface area (TPSA) is 32.3 Å². The van der Waals surface area contributed by atoms with E-state index in [1.807, 2.05) is 0 Å². The smallest absolute Gasteiger partial charge is 0.178 e. The van der Waals surface area contributed by atoms with Gasteiger partial charge in [-0.3, -0.25) is 0 Å². The van der Waals surface area contributed by atoms with Crippen molar-refractivity contribution in [2.24, 2.45) is 0 Å². The third kappa shape index (κ3) is 1.83. The highest BCUT2D eigenvalue weighted by Crippen LogP contribution is 2.42. The highest BCUT2D eigenvalue weighted by atomic mass is 15.5. The molecule has 0 spiro atoms. The van der Waals surface area contributed by atoms with Gasteiger partial charge in [0.15, 0.2) is 11.6 Å². The van der Waals surface area contributed by atoms with Crippen LogP contribution in [-0.4, -0.2) is 22.2 Å². The minimum atomic E-state index is 0.216. The molecule has 1 aromatic heterocycles. The summed E-state index contributed by atoms with van der Waals surface area (Å²) in [5.74, 6) is 1.92. The average Bonchev–Trinajstić information content (AvgIpc) is 2.71. The molecule has 0 N–H and O–H groups in total. The maximum absolute atomic E-state index is 4.56. The standard InChI is InChI=1S/C16H20N4/c1-11(2)19-13(4)20(14-8-6-5-7-12(14)3)16-15(19)17-9-10-18-16/h5-11,13H,1-4H3/t13-/m1/s1. The van der Waals surface area contributed by atoms with Crippen molar-refractivity contribution in [3.05, 3.63) is 42.2 Å². The number of benzene rings is 1. The highest BCUT2D eigenvalue weighted by Gasteiger charge is 2.37. The maximum atomic E-state index is 4.56. The quantitative estimate of drug-likeness (QED) is 0.834. The van der Waals surface area contributed by atoms with E-state index in [1.165, 1.54) is 11.3 Å². The Morgan fingerprint density at radius 2 is 1.70 bits per heavy atom. The molecule has 4 heteroatoms. The van der Waals surface area contributed by atoms with Crippen molar-refractivity contribution in [2.45, 2.75) is 39.9 Å². The van der Waals surface area contributed by atoms with Crippen LogP contribution in [0.25, 0.3) is 0 Å². The first-order chi connectivity index (χ1) is 9.61. The van der Waals surface area contributed by atoms with E-state index < -0.39 is 0 Å². The number of aryl methyl sites for hydroxylation is 1. The van der Waals surface area contributed by atoms with Crippen LogP contribution < -0.4 is 9.80 Å². The Bertz CT molecular complexity index is 623. The summed E-state index contributed by atoms with van der Waals surface area (Å²) < 4.78 is 0. The minimum absolute atomic E-state index is 0.216. The number of nitrogens with zero attached hydrogens (tertiary/aromatic N) is 4. The summed E-state index contributed by atoms with van der Waals surface area (Å²) in [6, 6.07) is 8.81. The molecule has 0 saturated carbocycles. The summed E-state index contributed by atoms with van der Waals surface area (Å²) >= 11 is 0. The van der Waals surface area contributed by atoms with Crippen LogP contribution in [0.3, 0.4) is 0 Å². The minimum Gasteiger partial charge on any atom is -0.330 e. The van der Waals surface area contributed by atoms with Crippen LogP contribution >= 0.6 is 0 Å². The van der Waals surface area contributed by atoms with Crippen molar-refractivity contribution in [3.8, 4) is 0 Å². The predicted molar refractivity (Wildman–Crippen MR) is 82.4 cm³/mol. The Labute approximate surface area is 120 Å². The molecule has 1 aliphatic rings. The SMILES string of the molecule is Cc1ccccc1N1c2nccnc2N(C(C)C)[C@H]1C. The molecule has 0 saturated heterocycles. The Balaban J connectivity index is 2.16. The van der Waals surface area contributed by atoms with Crippen LogP contribution in [0.2, 0.25) is 0 Å². The molecular weight excluding hydrogens is 248 g/mol. The van der Waals surface area contributed by atoms with Crippen molar-refractivity contribution in [1.29, 1.82) is 0 Å². The van der Waals surface area contributed by atoms with E-state index >= 15 is 0 Å². The summed E-state index contributed by atoms with van der Waals surface area (Å²) in [7, 11) is 0. The molecule has 2 heterocycles. The van der Waals surface area contributed by atoms with E-state index in [4.69, 9.17) is 0 Å². The first kappa shape index (κ1) is 12.9. The number of aromatic nitrogens is 2. The summed E-state index contributed by atoms with van der Waals surface area (Å²) in [5.41, 5.74) is 2.45. The van der Waals surface area contributed by atoms with Crippen LogP contribution in [0.4, 0.5) is 17.3 Å². The van der Waals surface area contributed by atoms with Crippen molar-refractivity contribution < 1.29 is 0 Å². The Morgan fingerprint density at radius 1 is 1.05 bits per heavy atom. The molecule has 20 heavy (non-hydrogen) atoms. The molecule has 0 fully saturated rings. The fraction of sp³-hybridized carbons (Fsp3) is 0.375. The molecule has 0 bridgehead atoms. The van der Waals surface area contributed by atoms with Crippen LogP contribution in [0, 0.1) is 6.92 Å². The zero-order chi connectivity index (χ0) is 14.3. The van der Waals surface area contributed by atoms with Gasteiger partial charge in [0.2, 0.25) is 0 Å². The van der Waals surface area contributed by atoms with Gasteiger partial charge in [-0.25, -0.2) is 9.97 Å². The van der Waals surface area contributed by atoms with Gasteiger partial charge in [0.1, 0.15) is 6.17 Å². The van der Waals surface area contributed by atoms with Crippen molar-refractivity contribution in [3.63, 3.8) is 0 Å². The van der Waals surface area contributed by atoms with E-state index in [-0.39, 0.29) is 6.17 Å². The third-order valence-corrected chi connectivity index (χ3v) is 3.84. The van der Waals surface area contributed by atoms with Crippen LogP contribution in [-0.2, 0) is 0 Å². The molecular formula is C16H20N4. The van der Waals surface area contributed by atoms with Gasteiger partial charge in [0.25, 0.3) is 0 Å². The van der Waals surface area contributed by atoms with Crippen molar-refractivity contribution in [2.75, 3.05) is 9.80 Å². The van der Waals surface area contributed by atoms with Gasteiger partial charge < -0.3 is 9.80 Å². The number of anilines is 3. The Morgan fingerprint density at radius 3 is 2.35 bits per heavy atom. The molecule has 1 aliphatic heterocycles. The molecule has 2 aromatic rings. The van der Waals surface area contributed by atoms with Crippen molar-refractivity contribution in [1.82, 2.24) is 9.97 Å². The van der Waals surface area contributed by atoms with Gasteiger partial charge in [0.05, 0.1) is 0 Å².